The van der Waals surface area contributed by atoms with Crippen molar-refractivity contribution < 1.29 is 18.0 Å². The lowest BCUT2D eigenvalue weighted by Crippen LogP contribution is -2.66. The Morgan fingerprint density at radius 2 is 1.89 bits per heavy atom. The number of fused-ring (bicyclic) bond motifs is 1. The highest BCUT2D eigenvalue weighted by atomic mass is 32.2. The number of carbonyl (C=O) groups is 1. The van der Waals surface area contributed by atoms with Crippen molar-refractivity contribution in [1.29, 1.82) is 5.26 Å². The van der Waals surface area contributed by atoms with Crippen LogP contribution in [0.5, 0.6) is 0 Å². The van der Waals surface area contributed by atoms with Gasteiger partial charge in [0.2, 0.25) is 5.91 Å². The molecule has 0 aromatic heterocycles. The first-order valence-corrected chi connectivity index (χ1v) is 11.0. The number of piperazine rings is 2. The van der Waals surface area contributed by atoms with Gasteiger partial charge in [-0.3, -0.25) is 15.0 Å². The highest BCUT2D eigenvalue weighted by Gasteiger charge is 2.50. The third kappa shape index (κ3) is 3.81. The Kier molecular flexibility index (Phi) is 5.69. The van der Waals surface area contributed by atoms with E-state index in [2.05, 4.69) is 16.4 Å². The normalized spacial score (nSPS) is 37.6. The first-order valence-electron chi connectivity index (χ1n) is 10.0. The fourth-order valence-electron chi connectivity index (χ4n) is 5.11. The molecular formula is C18H26F3N5OS. The van der Waals surface area contributed by atoms with E-state index >= 15 is 0 Å². The van der Waals surface area contributed by atoms with Crippen LogP contribution in [0.25, 0.3) is 0 Å². The number of hydrogen-bond acceptors (Lipinski definition) is 6. The number of nitrogens with one attached hydrogen (secondary N) is 1. The average Bonchev–Trinajstić information content (AvgIpc) is 3.17. The van der Waals surface area contributed by atoms with Crippen molar-refractivity contribution in [3.8, 4) is 6.19 Å². The minimum absolute atomic E-state index is 0.0205. The van der Waals surface area contributed by atoms with E-state index in [1.54, 1.807) is 9.80 Å². The second-order valence-corrected chi connectivity index (χ2v) is 9.49. The smallest absolute Gasteiger partial charge is 0.315 e. The quantitative estimate of drug-likeness (QED) is 0.690. The molecule has 3 heterocycles. The summed E-state index contributed by atoms with van der Waals surface area (Å²) in [4.78, 5) is 18.5. The Labute approximate surface area is 167 Å². The average molecular weight is 418 g/mol. The molecule has 1 saturated carbocycles. The second-order valence-electron chi connectivity index (χ2n) is 8.16. The van der Waals surface area contributed by atoms with Crippen molar-refractivity contribution in [3.05, 3.63) is 0 Å². The largest absolute Gasteiger partial charge is 0.392 e. The molecule has 156 valence electrons. The molecule has 3 saturated heterocycles. The first-order chi connectivity index (χ1) is 13.4. The van der Waals surface area contributed by atoms with Gasteiger partial charge < -0.3 is 9.80 Å². The van der Waals surface area contributed by atoms with E-state index < -0.39 is 12.1 Å². The summed E-state index contributed by atoms with van der Waals surface area (Å²) in [6.45, 7) is 3.56. The Morgan fingerprint density at radius 1 is 1.14 bits per heavy atom. The molecule has 4 rings (SSSR count). The van der Waals surface area contributed by atoms with Gasteiger partial charge in [-0.15, -0.1) is 11.8 Å². The molecule has 4 aliphatic rings. The molecule has 28 heavy (non-hydrogen) atoms. The van der Waals surface area contributed by atoms with Gasteiger partial charge in [-0.1, -0.05) is 12.8 Å². The van der Waals surface area contributed by atoms with E-state index in [0.29, 0.717) is 45.6 Å². The molecule has 5 atom stereocenters. The van der Waals surface area contributed by atoms with E-state index in [4.69, 9.17) is 5.26 Å². The third-order valence-corrected chi connectivity index (χ3v) is 8.17. The standard InChI is InChI=1S/C18H26F3N5OS/c19-18(20,21)13-4-2-1-3-12(13)15-9-23-17(28-15)26-8-7-25-6-5-24(11-22)10-14(25)16(26)27/h12-15,17,23H,1-10H2/t12-,13+,14+,15?,17?/m0/s1. The van der Waals surface area contributed by atoms with Gasteiger partial charge in [0, 0.05) is 38.0 Å². The predicted octanol–water partition coefficient (Wildman–Crippen LogP) is 1.65. The van der Waals surface area contributed by atoms with E-state index in [1.165, 1.54) is 11.8 Å². The molecule has 0 spiro atoms. The SMILES string of the molecule is N#CN1CCN2CCN(C3NCC([C@H]4CCCC[C@H]4C(F)(F)F)S3)C(=O)[C@H]2C1. The van der Waals surface area contributed by atoms with Crippen molar-refractivity contribution >= 4 is 17.7 Å². The maximum atomic E-state index is 13.5. The van der Waals surface area contributed by atoms with Crippen molar-refractivity contribution in [2.45, 2.75) is 48.6 Å². The van der Waals surface area contributed by atoms with E-state index in [9.17, 15) is 18.0 Å². The van der Waals surface area contributed by atoms with E-state index in [0.717, 1.165) is 13.0 Å². The van der Waals surface area contributed by atoms with Crippen LogP contribution < -0.4 is 5.32 Å². The molecule has 3 aliphatic heterocycles. The number of halogens is 3. The summed E-state index contributed by atoms with van der Waals surface area (Å²) >= 11 is 1.49. The molecular weight excluding hydrogens is 391 g/mol. The van der Waals surface area contributed by atoms with Crippen LogP contribution in [0.2, 0.25) is 0 Å². The van der Waals surface area contributed by atoms with Crippen LogP contribution in [0, 0.1) is 23.3 Å². The summed E-state index contributed by atoms with van der Waals surface area (Å²) in [6, 6.07) is -0.332. The third-order valence-electron chi connectivity index (χ3n) is 6.63. The van der Waals surface area contributed by atoms with Crippen LogP contribution in [0.4, 0.5) is 13.2 Å². The van der Waals surface area contributed by atoms with E-state index in [-0.39, 0.29) is 35.0 Å². The van der Waals surface area contributed by atoms with Gasteiger partial charge in [-0.25, -0.2) is 0 Å². The molecule has 1 N–H and O–H groups in total. The highest BCUT2D eigenvalue weighted by Crippen LogP contribution is 2.47. The monoisotopic (exact) mass is 417 g/mol. The van der Waals surface area contributed by atoms with Gasteiger partial charge in [0.25, 0.3) is 0 Å². The summed E-state index contributed by atoms with van der Waals surface area (Å²) in [5.74, 6) is -1.63. The number of hydrogen-bond donors (Lipinski definition) is 1. The molecule has 10 heteroatoms. The lowest BCUT2D eigenvalue weighted by molar-refractivity contribution is -0.195. The van der Waals surface area contributed by atoms with Crippen LogP contribution in [0.3, 0.4) is 0 Å². The van der Waals surface area contributed by atoms with Crippen LogP contribution in [0.1, 0.15) is 25.7 Å². The minimum atomic E-state index is -4.14. The zero-order valence-corrected chi connectivity index (χ0v) is 16.5. The van der Waals surface area contributed by atoms with Gasteiger partial charge in [-0.2, -0.15) is 18.4 Å². The number of rotatable bonds is 2. The molecule has 1 amide bonds. The van der Waals surface area contributed by atoms with Crippen LogP contribution >= 0.6 is 11.8 Å². The molecule has 0 aromatic carbocycles. The summed E-state index contributed by atoms with van der Waals surface area (Å²) < 4.78 is 40.5. The van der Waals surface area contributed by atoms with Crippen LogP contribution in [-0.2, 0) is 4.79 Å². The zero-order chi connectivity index (χ0) is 19.9. The minimum Gasteiger partial charge on any atom is -0.315 e. The zero-order valence-electron chi connectivity index (χ0n) is 15.7. The predicted molar refractivity (Wildman–Crippen MR) is 98.9 cm³/mol. The Balaban J connectivity index is 1.41. The molecule has 0 bridgehead atoms. The summed E-state index contributed by atoms with van der Waals surface area (Å²) in [5.41, 5.74) is -0.270. The summed E-state index contributed by atoms with van der Waals surface area (Å²) in [7, 11) is 0. The second kappa shape index (κ2) is 7.92. The molecule has 6 nitrogen and oxygen atoms in total. The van der Waals surface area contributed by atoms with Crippen molar-refractivity contribution in [1.82, 2.24) is 20.0 Å². The maximum absolute atomic E-state index is 13.5. The molecule has 2 unspecified atom stereocenters. The molecule has 1 aliphatic carbocycles. The van der Waals surface area contributed by atoms with Crippen LogP contribution in [-0.4, -0.2) is 82.8 Å². The van der Waals surface area contributed by atoms with Gasteiger partial charge in [0.1, 0.15) is 11.5 Å². The Hall–Kier alpha value is -1.18. The summed E-state index contributed by atoms with van der Waals surface area (Å²) in [5, 5.41) is 12.3. The Bertz CT molecular complexity index is 642. The van der Waals surface area contributed by atoms with Crippen molar-refractivity contribution in [3.63, 3.8) is 0 Å². The van der Waals surface area contributed by atoms with E-state index in [1.807, 2.05) is 0 Å². The van der Waals surface area contributed by atoms with Crippen molar-refractivity contribution in [2.75, 3.05) is 39.3 Å². The van der Waals surface area contributed by atoms with Crippen LogP contribution in [0.15, 0.2) is 0 Å². The van der Waals surface area contributed by atoms with Gasteiger partial charge >= 0.3 is 6.18 Å². The molecule has 0 aromatic rings. The molecule has 0 radical (unpaired) electrons. The number of carbonyl (C=O) groups excluding carboxylic acids is 1. The summed E-state index contributed by atoms with van der Waals surface area (Å²) in [6.07, 6.45) is 0.300. The first kappa shape index (κ1) is 20.1. The lowest BCUT2D eigenvalue weighted by Gasteiger charge is -2.46. The Morgan fingerprint density at radius 3 is 2.64 bits per heavy atom. The van der Waals surface area contributed by atoms with Gasteiger partial charge in [0.15, 0.2) is 6.19 Å². The maximum Gasteiger partial charge on any atom is 0.392 e. The molecule has 4 fully saturated rings. The number of nitriles is 1. The number of amides is 1. The number of alkyl halides is 3. The lowest BCUT2D eigenvalue weighted by atomic mass is 9.77. The highest BCUT2D eigenvalue weighted by molar-refractivity contribution is 8.00. The fraction of sp³-hybridized carbons (Fsp3) is 0.889. The number of nitrogens with zero attached hydrogens (tertiary/aromatic N) is 4. The topological polar surface area (TPSA) is 62.6 Å². The number of thioether (sulfide) groups is 1. The van der Waals surface area contributed by atoms with Crippen molar-refractivity contribution in [2.24, 2.45) is 11.8 Å². The van der Waals surface area contributed by atoms with Gasteiger partial charge in [0.05, 0.1) is 12.5 Å². The fourth-order valence-corrected chi connectivity index (χ4v) is 6.71. The van der Waals surface area contributed by atoms with Gasteiger partial charge in [-0.05, 0) is 18.8 Å².